The molecule has 0 aliphatic heterocycles. The molecule has 19 heavy (non-hydrogen) atoms. The van der Waals surface area contributed by atoms with E-state index in [4.69, 9.17) is 9.47 Å². The van der Waals surface area contributed by atoms with Crippen molar-refractivity contribution in [2.45, 2.75) is 46.6 Å². The predicted molar refractivity (Wildman–Crippen MR) is 76.4 cm³/mol. The summed E-state index contributed by atoms with van der Waals surface area (Å²) in [6, 6.07) is 0. The Kier molecular flexibility index (Phi) is 6.32. The maximum atomic E-state index is 9.66. The van der Waals surface area contributed by atoms with Crippen LogP contribution in [-0.4, -0.2) is 31.7 Å². The van der Waals surface area contributed by atoms with Crippen molar-refractivity contribution in [3.63, 3.8) is 0 Å². The minimum absolute atomic E-state index is 0.0216. The van der Waals surface area contributed by atoms with Crippen molar-refractivity contribution in [3.05, 3.63) is 0 Å². The van der Waals surface area contributed by atoms with E-state index in [1.54, 1.807) is 7.11 Å². The highest BCUT2D eigenvalue weighted by Crippen LogP contribution is 2.48. The molecule has 1 N–H and O–H groups in total. The second kappa shape index (κ2) is 7.28. The van der Waals surface area contributed by atoms with Gasteiger partial charge < -0.3 is 14.6 Å². The van der Waals surface area contributed by atoms with Gasteiger partial charge in [-0.3, -0.25) is 0 Å². The largest absolute Gasteiger partial charge is 0.394 e. The van der Waals surface area contributed by atoms with Crippen molar-refractivity contribution in [1.29, 1.82) is 0 Å². The van der Waals surface area contributed by atoms with Gasteiger partial charge in [-0.25, -0.2) is 0 Å². The van der Waals surface area contributed by atoms with Gasteiger partial charge in [0.25, 0.3) is 0 Å². The normalized spacial score (nSPS) is 36.4. The Bertz CT molecular complexity index is 331. The Morgan fingerprint density at radius 1 is 1.42 bits per heavy atom. The first kappa shape index (κ1) is 16.5. The zero-order valence-electron chi connectivity index (χ0n) is 12.9. The molecule has 3 nitrogen and oxygen atoms in total. The molecule has 1 rings (SSSR count). The van der Waals surface area contributed by atoms with E-state index < -0.39 is 0 Å². The summed E-state index contributed by atoms with van der Waals surface area (Å²) in [4.78, 5) is 0. The summed E-state index contributed by atoms with van der Waals surface area (Å²) in [5.74, 6) is 7.85. The van der Waals surface area contributed by atoms with Gasteiger partial charge in [0.05, 0.1) is 12.7 Å². The van der Waals surface area contributed by atoms with Crippen molar-refractivity contribution in [2.24, 2.45) is 23.2 Å². The Labute approximate surface area is 117 Å². The van der Waals surface area contributed by atoms with Gasteiger partial charge in [-0.15, -0.1) is 5.92 Å². The van der Waals surface area contributed by atoms with Crippen molar-refractivity contribution < 1.29 is 14.6 Å². The van der Waals surface area contributed by atoms with Crippen LogP contribution < -0.4 is 0 Å². The Morgan fingerprint density at radius 3 is 2.63 bits per heavy atom. The number of methoxy groups -OCH3 is 1. The smallest absolute Gasteiger partial charge is 0.146 e. The van der Waals surface area contributed by atoms with Gasteiger partial charge in [0.1, 0.15) is 6.79 Å². The minimum atomic E-state index is -0.201. The summed E-state index contributed by atoms with van der Waals surface area (Å²) in [6.45, 7) is 8.86. The maximum Gasteiger partial charge on any atom is 0.146 e. The van der Waals surface area contributed by atoms with Gasteiger partial charge in [-0.2, -0.15) is 0 Å². The summed E-state index contributed by atoms with van der Waals surface area (Å²) in [5, 5.41) is 9.66. The molecule has 0 unspecified atom stereocenters. The molecule has 1 saturated carbocycles. The number of hydrogen-bond donors (Lipinski definition) is 1. The molecule has 110 valence electrons. The fourth-order valence-electron chi connectivity index (χ4n) is 3.97. The molecule has 0 saturated heterocycles. The van der Waals surface area contributed by atoms with Gasteiger partial charge in [-0.05, 0) is 38.5 Å². The predicted octanol–water partition coefficient (Wildman–Crippen LogP) is 2.68. The van der Waals surface area contributed by atoms with Gasteiger partial charge >= 0.3 is 0 Å². The summed E-state index contributed by atoms with van der Waals surface area (Å²) >= 11 is 0. The first-order valence-electron chi connectivity index (χ1n) is 7.13. The van der Waals surface area contributed by atoms with Crippen LogP contribution in [-0.2, 0) is 9.47 Å². The fraction of sp³-hybridized carbons (Fsp3) is 0.875. The zero-order valence-corrected chi connectivity index (χ0v) is 12.9. The highest BCUT2D eigenvalue weighted by Gasteiger charge is 2.46. The molecular weight excluding hydrogens is 240 g/mol. The van der Waals surface area contributed by atoms with Crippen LogP contribution in [0, 0.1) is 35.0 Å². The molecular formula is C16H28O3. The Morgan fingerprint density at radius 2 is 2.11 bits per heavy atom. The second-order valence-electron chi connectivity index (χ2n) is 6.13. The van der Waals surface area contributed by atoms with E-state index in [0.29, 0.717) is 11.8 Å². The molecule has 0 aromatic rings. The number of aliphatic hydroxyl groups excluding tert-OH is 1. The molecule has 5 atom stereocenters. The van der Waals surface area contributed by atoms with E-state index in [2.05, 4.69) is 32.6 Å². The molecule has 0 spiro atoms. The van der Waals surface area contributed by atoms with Crippen molar-refractivity contribution in [1.82, 2.24) is 0 Å². The molecule has 3 heteroatoms. The van der Waals surface area contributed by atoms with Gasteiger partial charge in [0.15, 0.2) is 0 Å². The maximum absolute atomic E-state index is 9.66. The van der Waals surface area contributed by atoms with E-state index in [1.165, 1.54) is 6.42 Å². The highest BCUT2D eigenvalue weighted by molar-refractivity contribution is 5.15. The van der Waals surface area contributed by atoms with Crippen LogP contribution >= 0.6 is 0 Å². The molecule has 1 fully saturated rings. The molecule has 1 aliphatic rings. The van der Waals surface area contributed by atoms with Crippen molar-refractivity contribution >= 4 is 0 Å². The van der Waals surface area contributed by atoms with Gasteiger partial charge in [-0.1, -0.05) is 19.8 Å². The third-order valence-corrected chi connectivity index (χ3v) is 4.29. The monoisotopic (exact) mass is 268 g/mol. The zero-order chi connectivity index (χ0) is 14.5. The average molecular weight is 268 g/mol. The average Bonchev–Trinajstić information content (AvgIpc) is 2.32. The van der Waals surface area contributed by atoms with Gasteiger partial charge in [0.2, 0.25) is 0 Å². The molecule has 0 aromatic carbocycles. The molecule has 0 amide bonds. The first-order chi connectivity index (χ1) is 8.98. The van der Waals surface area contributed by atoms with E-state index in [1.807, 2.05) is 6.92 Å². The van der Waals surface area contributed by atoms with Crippen LogP contribution in [0.2, 0.25) is 0 Å². The van der Waals surface area contributed by atoms with Gasteiger partial charge in [0, 0.05) is 18.4 Å². The Hall–Kier alpha value is -0.560. The summed E-state index contributed by atoms with van der Waals surface area (Å²) in [6.07, 6.45) is 2.03. The third-order valence-electron chi connectivity index (χ3n) is 4.29. The number of hydrogen-bond acceptors (Lipinski definition) is 3. The lowest BCUT2D eigenvalue weighted by Gasteiger charge is -2.47. The topological polar surface area (TPSA) is 38.7 Å². The molecule has 0 heterocycles. The molecule has 0 radical (unpaired) electrons. The van der Waals surface area contributed by atoms with Crippen molar-refractivity contribution in [3.8, 4) is 11.8 Å². The van der Waals surface area contributed by atoms with Crippen LogP contribution in [0.4, 0.5) is 0 Å². The lowest BCUT2D eigenvalue weighted by molar-refractivity contribution is -0.140. The van der Waals surface area contributed by atoms with Crippen LogP contribution in [0.3, 0.4) is 0 Å². The molecule has 0 aromatic heterocycles. The summed E-state index contributed by atoms with van der Waals surface area (Å²) in [7, 11) is 1.60. The standard InChI is InChI=1S/C16H28O3/c1-6-7-16(4)9-12(2)8-13(3)15(16)14(10-17)19-11-18-5/h12-15,17H,8-11H2,1-5H3/t12-,13+,14-,15+,16-/m1/s1. The number of rotatable bonds is 5. The minimum Gasteiger partial charge on any atom is -0.394 e. The third kappa shape index (κ3) is 3.95. The quantitative estimate of drug-likeness (QED) is 0.615. The number of ether oxygens (including phenoxy) is 2. The summed E-state index contributed by atoms with van der Waals surface area (Å²) in [5.41, 5.74) is -0.0903. The Balaban J connectivity index is 2.97. The fourth-order valence-corrected chi connectivity index (χ4v) is 3.97. The molecule has 1 aliphatic carbocycles. The van der Waals surface area contributed by atoms with Crippen LogP contribution in [0.25, 0.3) is 0 Å². The van der Waals surface area contributed by atoms with Crippen LogP contribution in [0.5, 0.6) is 0 Å². The van der Waals surface area contributed by atoms with Crippen LogP contribution in [0.15, 0.2) is 0 Å². The SMILES string of the molecule is CC#C[C@]1(C)C[C@H](C)C[C@H](C)[C@H]1[C@@H](CO)OCOC. The van der Waals surface area contributed by atoms with Crippen LogP contribution in [0.1, 0.15) is 40.5 Å². The van der Waals surface area contributed by atoms with E-state index in [9.17, 15) is 5.11 Å². The molecule has 0 bridgehead atoms. The number of aliphatic hydroxyl groups is 1. The lowest BCUT2D eigenvalue weighted by Crippen LogP contribution is -2.47. The second-order valence-corrected chi connectivity index (χ2v) is 6.13. The van der Waals surface area contributed by atoms with E-state index >= 15 is 0 Å². The first-order valence-corrected chi connectivity index (χ1v) is 7.13. The van der Waals surface area contributed by atoms with Crippen molar-refractivity contribution in [2.75, 3.05) is 20.5 Å². The highest BCUT2D eigenvalue weighted by atomic mass is 16.7. The lowest BCUT2D eigenvalue weighted by atomic mass is 9.58. The van der Waals surface area contributed by atoms with E-state index in [0.717, 1.165) is 6.42 Å². The summed E-state index contributed by atoms with van der Waals surface area (Å²) < 4.78 is 10.7. The van der Waals surface area contributed by atoms with E-state index in [-0.39, 0.29) is 30.8 Å².